The van der Waals surface area contributed by atoms with Crippen molar-refractivity contribution in [1.29, 1.82) is 0 Å². The molecule has 13 heavy (non-hydrogen) atoms. The summed E-state index contributed by atoms with van der Waals surface area (Å²) in [6.45, 7) is 8.80. The molecule has 1 saturated carbocycles. The smallest absolute Gasteiger partial charge is 0.0188 e. The summed E-state index contributed by atoms with van der Waals surface area (Å²) in [6, 6.07) is 0.311. The van der Waals surface area contributed by atoms with Crippen molar-refractivity contribution in [2.75, 3.05) is 13.1 Å². The molecule has 1 aliphatic carbocycles. The SMILES string of the molecule is CC(C)C(N)CNCC(C)C1CC1. The molecule has 2 unspecified atom stereocenters. The predicted octanol–water partition coefficient (Wildman–Crippen LogP) is 1.61. The van der Waals surface area contributed by atoms with E-state index in [2.05, 4.69) is 26.1 Å². The van der Waals surface area contributed by atoms with Gasteiger partial charge in [0.15, 0.2) is 0 Å². The van der Waals surface area contributed by atoms with Crippen molar-refractivity contribution in [3.8, 4) is 0 Å². The fraction of sp³-hybridized carbons (Fsp3) is 1.00. The summed E-state index contributed by atoms with van der Waals surface area (Å²) in [7, 11) is 0. The van der Waals surface area contributed by atoms with Crippen LogP contribution in [-0.2, 0) is 0 Å². The van der Waals surface area contributed by atoms with Crippen LogP contribution in [0.15, 0.2) is 0 Å². The van der Waals surface area contributed by atoms with Crippen molar-refractivity contribution < 1.29 is 0 Å². The number of rotatable bonds is 6. The van der Waals surface area contributed by atoms with Crippen LogP contribution in [0.5, 0.6) is 0 Å². The van der Waals surface area contributed by atoms with Gasteiger partial charge < -0.3 is 11.1 Å². The largest absolute Gasteiger partial charge is 0.326 e. The summed E-state index contributed by atoms with van der Waals surface area (Å²) in [5.74, 6) is 2.44. The summed E-state index contributed by atoms with van der Waals surface area (Å²) in [6.07, 6.45) is 2.89. The second-order valence-corrected chi connectivity index (χ2v) is 4.88. The molecule has 2 heteroatoms. The van der Waals surface area contributed by atoms with E-state index in [1.807, 2.05) is 0 Å². The van der Waals surface area contributed by atoms with E-state index in [9.17, 15) is 0 Å². The zero-order chi connectivity index (χ0) is 9.84. The molecular weight excluding hydrogens is 160 g/mol. The van der Waals surface area contributed by atoms with Crippen LogP contribution in [0, 0.1) is 17.8 Å². The lowest BCUT2D eigenvalue weighted by Gasteiger charge is -2.18. The van der Waals surface area contributed by atoms with E-state index < -0.39 is 0 Å². The van der Waals surface area contributed by atoms with Crippen LogP contribution < -0.4 is 11.1 Å². The van der Waals surface area contributed by atoms with E-state index in [1.54, 1.807) is 0 Å². The number of hydrogen-bond acceptors (Lipinski definition) is 2. The Morgan fingerprint density at radius 2 is 1.85 bits per heavy atom. The van der Waals surface area contributed by atoms with E-state index in [1.165, 1.54) is 12.8 Å². The topological polar surface area (TPSA) is 38.0 Å². The Kier molecular flexibility index (Phi) is 4.20. The molecule has 0 aromatic carbocycles. The molecule has 2 atom stereocenters. The Morgan fingerprint density at radius 1 is 1.23 bits per heavy atom. The Labute approximate surface area is 82.3 Å². The first-order valence-corrected chi connectivity index (χ1v) is 5.57. The van der Waals surface area contributed by atoms with Gasteiger partial charge in [-0.15, -0.1) is 0 Å². The van der Waals surface area contributed by atoms with Gasteiger partial charge in [-0.05, 0) is 37.1 Å². The summed E-state index contributed by atoms with van der Waals surface area (Å²) in [5.41, 5.74) is 5.93. The minimum atomic E-state index is 0.311. The van der Waals surface area contributed by atoms with Gasteiger partial charge in [0.05, 0.1) is 0 Å². The first-order valence-electron chi connectivity index (χ1n) is 5.57. The molecule has 78 valence electrons. The zero-order valence-corrected chi connectivity index (χ0v) is 9.22. The van der Waals surface area contributed by atoms with Gasteiger partial charge in [0.1, 0.15) is 0 Å². The molecular formula is C11H24N2. The van der Waals surface area contributed by atoms with Crippen molar-refractivity contribution >= 4 is 0 Å². The standard InChI is InChI=1S/C11H24N2/c1-8(2)11(12)7-13-6-9(3)10-4-5-10/h8-11,13H,4-7,12H2,1-3H3. The van der Waals surface area contributed by atoms with Crippen molar-refractivity contribution in [2.45, 2.75) is 39.7 Å². The Balaban J connectivity index is 1.99. The minimum absolute atomic E-state index is 0.311. The second-order valence-electron chi connectivity index (χ2n) is 4.88. The number of nitrogens with two attached hydrogens (primary N) is 1. The molecule has 0 amide bonds. The van der Waals surface area contributed by atoms with E-state index in [0.717, 1.165) is 24.9 Å². The maximum atomic E-state index is 5.93. The van der Waals surface area contributed by atoms with E-state index in [-0.39, 0.29) is 0 Å². The average molecular weight is 184 g/mol. The molecule has 0 aromatic heterocycles. The molecule has 1 fully saturated rings. The van der Waals surface area contributed by atoms with Gasteiger partial charge in [-0.25, -0.2) is 0 Å². The molecule has 0 aromatic rings. The Hall–Kier alpha value is -0.0800. The lowest BCUT2D eigenvalue weighted by molar-refractivity contribution is 0.412. The lowest BCUT2D eigenvalue weighted by atomic mass is 10.0. The van der Waals surface area contributed by atoms with E-state index in [4.69, 9.17) is 5.73 Å². The van der Waals surface area contributed by atoms with Gasteiger partial charge in [0, 0.05) is 12.6 Å². The van der Waals surface area contributed by atoms with Gasteiger partial charge in [0.2, 0.25) is 0 Å². The lowest BCUT2D eigenvalue weighted by Crippen LogP contribution is -2.39. The number of hydrogen-bond donors (Lipinski definition) is 2. The second kappa shape index (κ2) is 4.97. The quantitative estimate of drug-likeness (QED) is 0.658. The third kappa shape index (κ3) is 4.10. The van der Waals surface area contributed by atoms with E-state index in [0.29, 0.717) is 12.0 Å². The average Bonchev–Trinajstić information content (AvgIpc) is 2.85. The zero-order valence-electron chi connectivity index (χ0n) is 9.22. The van der Waals surface area contributed by atoms with Crippen molar-refractivity contribution in [3.05, 3.63) is 0 Å². The summed E-state index contributed by atoms with van der Waals surface area (Å²) < 4.78 is 0. The molecule has 1 aliphatic rings. The van der Waals surface area contributed by atoms with Gasteiger partial charge in [0.25, 0.3) is 0 Å². The molecule has 2 nitrogen and oxygen atoms in total. The maximum absolute atomic E-state index is 5.93. The molecule has 0 spiro atoms. The fourth-order valence-electron chi connectivity index (χ4n) is 1.55. The van der Waals surface area contributed by atoms with Gasteiger partial charge in [-0.1, -0.05) is 20.8 Å². The fourth-order valence-corrected chi connectivity index (χ4v) is 1.55. The van der Waals surface area contributed by atoms with Crippen molar-refractivity contribution in [2.24, 2.45) is 23.5 Å². The minimum Gasteiger partial charge on any atom is -0.326 e. The summed E-state index contributed by atoms with van der Waals surface area (Å²) >= 11 is 0. The third-order valence-corrected chi connectivity index (χ3v) is 3.13. The molecule has 0 radical (unpaired) electrons. The normalized spacial score (nSPS) is 21.9. The van der Waals surface area contributed by atoms with Crippen LogP contribution in [0.2, 0.25) is 0 Å². The molecule has 0 bridgehead atoms. The van der Waals surface area contributed by atoms with Crippen molar-refractivity contribution in [1.82, 2.24) is 5.32 Å². The van der Waals surface area contributed by atoms with Crippen LogP contribution in [0.25, 0.3) is 0 Å². The van der Waals surface area contributed by atoms with Crippen LogP contribution >= 0.6 is 0 Å². The first-order chi connectivity index (χ1) is 6.11. The Morgan fingerprint density at radius 3 is 2.31 bits per heavy atom. The third-order valence-electron chi connectivity index (χ3n) is 3.13. The van der Waals surface area contributed by atoms with Gasteiger partial charge in [-0.2, -0.15) is 0 Å². The predicted molar refractivity (Wildman–Crippen MR) is 57.6 cm³/mol. The maximum Gasteiger partial charge on any atom is 0.0188 e. The number of nitrogens with one attached hydrogen (secondary N) is 1. The van der Waals surface area contributed by atoms with Gasteiger partial charge >= 0.3 is 0 Å². The monoisotopic (exact) mass is 184 g/mol. The van der Waals surface area contributed by atoms with Crippen molar-refractivity contribution in [3.63, 3.8) is 0 Å². The van der Waals surface area contributed by atoms with Crippen LogP contribution in [0.1, 0.15) is 33.6 Å². The van der Waals surface area contributed by atoms with Crippen LogP contribution in [0.3, 0.4) is 0 Å². The Bertz CT molecular complexity index is 133. The highest BCUT2D eigenvalue weighted by atomic mass is 14.9. The highest BCUT2D eigenvalue weighted by Crippen LogP contribution is 2.35. The molecule has 0 saturated heterocycles. The van der Waals surface area contributed by atoms with Crippen LogP contribution in [0.4, 0.5) is 0 Å². The highest BCUT2D eigenvalue weighted by molar-refractivity contribution is 4.80. The summed E-state index contributed by atoms with van der Waals surface area (Å²) in [4.78, 5) is 0. The molecule has 0 heterocycles. The van der Waals surface area contributed by atoms with Gasteiger partial charge in [-0.3, -0.25) is 0 Å². The molecule has 1 rings (SSSR count). The highest BCUT2D eigenvalue weighted by Gasteiger charge is 2.27. The van der Waals surface area contributed by atoms with Crippen LogP contribution in [-0.4, -0.2) is 19.1 Å². The summed E-state index contributed by atoms with van der Waals surface area (Å²) in [5, 5.41) is 3.46. The molecule has 3 N–H and O–H groups in total. The first kappa shape index (κ1) is 11.0. The molecule has 0 aliphatic heterocycles. The van der Waals surface area contributed by atoms with E-state index >= 15 is 0 Å².